The van der Waals surface area contributed by atoms with Gasteiger partial charge < -0.3 is 5.73 Å². The smallest absolute Gasteiger partial charge is 0.248 e. The standard InChI is InChI=1S/C14H14N2O3S/c15-14(17)12-6-8-13(9-7-12)20(18,19)16-10-11-4-2-1-3-5-11/h1-9,16H,10H2,(H2,15,17). The van der Waals surface area contributed by atoms with Crippen LogP contribution in [-0.4, -0.2) is 14.3 Å². The molecule has 0 aromatic heterocycles. The molecule has 0 fully saturated rings. The maximum Gasteiger partial charge on any atom is 0.248 e. The molecule has 6 heteroatoms. The monoisotopic (exact) mass is 290 g/mol. The Kier molecular flexibility index (Phi) is 4.16. The van der Waals surface area contributed by atoms with Gasteiger partial charge in [-0.05, 0) is 29.8 Å². The summed E-state index contributed by atoms with van der Waals surface area (Å²) in [5, 5.41) is 0. The Morgan fingerprint density at radius 3 is 2.15 bits per heavy atom. The van der Waals surface area contributed by atoms with Gasteiger partial charge in [-0.25, -0.2) is 13.1 Å². The number of hydrogen-bond acceptors (Lipinski definition) is 3. The second kappa shape index (κ2) is 5.85. The lowest BCUT2D eigenvalue weighted by atomic mass is 10.2. The highest BCUT2D eigenvalue weighted by Gasteiger charge is 2.13. The average molecular weight is 290 g/mol. The van der Waals surface area contributed by atoms with Crippen molar-refractivity contribution in [2.24, 2.45) is 5.73 Å². The molecule has 0 aliphatic carbocycles. The molecule has 0 radical (unpaired) electrons. The first-order valence-electron chi connectivity index (χ1n) is 5.92. The predicted octanol–water partition coefficient (Wildman–Crippen LogP) is 1.26. The van der Waals surface area contributed by atoms with E-state index >= 15 is 0 Å². The zero-order valence-corrected chi connectivity index (χ0v) is 11.4. The van der Waals surface area contributed by atoms with Crippen LogP contribution in [-0.2, 0) is 16.6 Å². The van der Waals surface area contributed by atoms with Gasteiger partial charge in [-0.1, -0.05) is 30.3 Å². The normalized spacial score (nSPS) is 11.2. The highest BCUT2D eigenvalue weighted by molar-refractivity contribution is 7.89. The number of carbonyl (C=O) groups is 1. The van der Waals surface area contributed by atoms with Crippen LogP contribution < -0.4 is 10.5 Å². The molecule has 2 rings (SSSR count). The number of sulfonamides is 1. The van der Waals surface area contributed by atoms with Crippen LogP contribution in [0.15, 0.2) is 59.5 Å². The summed E-state index contributed by atoms with van der Waals surface area (Å²) in [5.74, 6) is -0.591. The first-order chi connectivity index (χ1) is 9.49. The van der Waals surface area contributed by atoms with Crippen LogP contribution in [0.25, 0.3) is 0 Å². The van der Waals surface area contributed by atoms with Crippen LogP contribution in [0.4, 0.5) is 0 Å². The van der Waals surface area contributed by atoms with Crippen molar-refractivity contribution in [1.29, 1.82) is 0 Å². The molecule has 2 aromatic carbocycles. The Hall–Kier alpha value is -2.18. The van der Waals surface area contributed by atoms with E-state index in [2.05, 4.69) is 4.72 Å². The van der Waals surface area contributed by atoms with Gasteiger partial charge in [-0.2, -0.15) is 0 Å². The molecule has 0 heterocycles. The van der Waals surface area contributed by atoms with Gasteiger partial charge in [0.25, 0.3) is 0 Å². The molecule has 0 aliphatic heterocycles. The summed E-state index contributed by atoms with van der Waals surface area (Å²) in [6.45, 7) is 0.209. The minimum absolute atomic E-state index is 0.0958. The fourth-order valence-corrected chi connectivity index (χ4v) is 2.67. The molecule has 20 heavy (non-hydrogen) atoms. The van der Waals surface area contributed by atoms with Crippen molar-refractivity contribution >= 4 is 15.9 Å². The third-order valence-electron chi connectivity index (χ3n) is 2.76. The van der Waals surface area contributed by atoms with Crippen LogP contribution in [0.5, 0.6) is 0 Å². The number of nitrogens with one attached hydrogen (secondary N) is 1. The third kappa shape index (κ3) is 3.43. The second-order valence-corrected chi connectivity index (χ2v) is 5.97. The molecule has 5 nitrogen and oxygen atoms in total. The first kappa shape index (κ1) is 14.2. The van der Waals surface area contributed by atoms with E-state index in [1.165, 1.54) is 24.3 Å². The quantitative estimate of drug-likeness (QED) is 0.869. The van der Waals surface area contributed by atoms with Gasteiger partial charge in [0, 0.05) is 12.1 Å². The molecule has 2 aromatic rings. The molecule has 0 aliphatic rings. The maximum absolute atomic E-state index is 12.1. The highest BCUT2D eigenvalue weighted by atomic mass is 32.2. The Morgan fingerprint density at radius 1 is 1.00 bits per heavy atom. The van der Waals surface area contributed by atoms with Crippen molar-refractivity contribution in [3.63, 3.8) is 0 Å². The average Bonchev–Trinajstić information content (AvgIpc) is 2.46. The number of nitrogens with two attached hydrogens (primary N) is 1. The molecular formula is C14H14N2O3S. The summed E-state index contributed by atoms with van der Waals surface area (Å²) >= 11 is 0. The van der Waals surface area contributed by atoms with Crippen LogP contribution in [0.2, 0.25) is 0 Å². The van der Waals surface area contributed by atoms with E-state index in [4.69, 9.17) is 5.73 Å². The van der Waals surface area contributed by atoms with E-state index in [0.29, 0.717) is 0 Å². The summed E-state index contributed by atoms with van der Waals surface area (Å²) in [7, 11) is -3.60. The molecular weight excluding hydrogens is 276 g/mol. The van der Waals surface area contributed by atoms with Crippen molar-refractivity contribution < 1.29 is 13.2 Å². The number of primary amides is 1. The zero-order chi connectivity index (χ0) is 14.6. The van der Waals surface area contributed by atoms with E-state index in [0.717, 1.165) is 5.56 Å². The zero-order valence-electron chi connectivity index (χ0n) is 10.6. The summed E-state index contributed by atoms with van der Waals surface area (Å²) in [5.41, 5.74) is 6.24. The summed E-state index contributed by atoms with van der Waals surface area (Å²) in [4.78, 5) is 11.0. The maximum atomic E-state index is 12.1. The van der Waals surface area contributed by atoms with Gasteiger partial charge in [-0.15, -0.1) is 0 Å². The van der Waals surface area contributed by atoms with E-state index in [-0.39, 0.29) is 17.0 Å². The Bertz CT molecular complexity index is 695. The lowest BCUT2D eigenvalue weighted by molar-refractivity contribution is 0.1000. The largest absolute Gasteiger partial charge is 0.366 e. The fraction of sp³-hybridized carbons (Fsp3) is 0.0714. The summed E-state index contributed by atoms with van der Waals surface area (Å²) in [6.07, 6.45) is 0. The van der Waals surface area contributed by atoms with Crippen LogP contribution >= 0.6 is 0 Å². The Morgan fingerprint density at radius 2 is 1.60 bits per heavy atom. The van der Waals surface area contributed by atoms with Crippen molar-refractivity contribution in [3.05, 3.63) is 65.7 Å². The van der Waals surface area contributed by atoms with Crippen molar-refractivity contribution in [1.82, 2.24) is 4.72 Å². The second-order valence-electron chi connectivity index (χ2n) is 4.20. The SMILES string of the molecule is NC(=O)c1ccc(S(=O)(=O)NCc2ccccc2)cc1. The summed E-state index contributed by atoms with van der Waals surface area (Å²) in [6, 6.07) is 14.7. The fourth-order valence-electron chi connectivity index (χ4n) is 1.66. The van der Waals surface area contributed by atoms with Gasteiger partial charge >= 0.3 is 0 Å². The number of hydrogen-bond donors (Lipinski definition) is 2. The van der Waals surface area contributed by atoms with Gasteiger partial charge in [-0.3, -0.25) is 4.79 Å². The molecule has 0 saturated carbocycles. The van der Waals surface area contributed by atoms with Crippen LogP contribution in [0.1, 0.15) is 15.9 Å². The van der Waals surface area contributed by atoms with Gasteiger partial charge in [0.2, 0.25) is 15.9 Å². The molecule has 0 atom stereocenters. The molecule has 3 N–H and O–H groups in total. The summed E-state index contributed by atoms with van der Waals surface area (Å²) < 4.78 is 26.6. The molecule has 0 saturated heterocycles. The number of benzene rings is 2. The predicted molar refractivity (Wildman–Crippen MR) is 75.4 cm³/mol. The number of carbonyl (C=O) groups excluding carboxylic acids is 1. The Balaban J connectivity index is 2.12. The molecule has 104 valence electrons. The van der Waals surface area contributed by atoms with Crippen LogP contribution in [0.3, 0.4) is 0 Å². The van der Waals surface area contributed by atoms with E-state index in [9.17, 15) is 13.2 Å². The number of amides is 1. The van der Waals surface area contributed by atoms with Gasteiger partial charge in [0.05, 0.1) is 4.90 Å². The molecule has 0 unspecified atom stereocenters. The van der Waals surface area contributed by atoms with E-state index in [1.807, 2.05) is 30.3 Å². The molecule has 0 spiro atoms. The first-order valence-corrected chi connectivity index (χ1v) is 7.41. The van der Waals surface area contributed by atoms with Crippen LogP contribution in [0, 0.1) is 0 Å². The lowest BCUT2D eigenvalue weighted by Crippen LogP contribution is -2.23. The van der Waals surface area contributed by atoms with E-state index < -0.39 is 15.9 Å². The lowest BCUT2D eigenvalue weighted by Gasteiger charge is -2.07. The minimum atomic E-state index is -3.60. The molecule has 0 bridgehead atoms. The third-order valence-corrected chi connectivity index (χ3v) is 4.18. The highest BCUT2D eigenvalue weighted by Crippen LogP contribution is 2.11. The van der Waals surface area contributed by atoms with E-state index in [1.54, 1.807) is 0 Å². The molecule has 1 amide bonds. The minimum Gasteiger partial charge on any atom is -0.366 e. The Labute approximate surface area is 117 Å². The van der Waals surface area contributed by atoms with Crippen molar-refractivity contribution in [2.45, 2.75) is 11.4 Å². The number of rotatable bonds is 5. The topological polar surface area (TPSA) is 89.3 Å². The van der Waals surface area contributed by atoms with Gasteiger partial charge in [0.1, 0.15) is 0 Å². The van der Waals surface area contributed by atoms with Crippen molar-refractivity contribution in [2.75, 3.05) is 0 Å². The van der Waals surface area contributed by atoms with Crippen molar-refractivity contribution in [3.8, 4) is 0 Å². The van der Waals surface area contributed by atoms with Gasteiger partial charge in [0.15, 0.2) is 0 Å².